The van der Waals surface area contributed by atoms with Gasteiger partial charge in [-0.2, -0.15) is 5.10 Å². The Balaban J connectivity index is 1.59. The molecule has 2 aromatic heterocycles. The van der Waals surface area contributed by atoms with Crippen LogP contribution in [0.2, 0.25) is 0 Å². The molecule has 0 amide bonds. The van der Waals surface area contributed by atoms with E-state index in [0.717, 1.165) is 42.9 Å². The zero-order valence-corrected chi connectivity index (χ0v) is 15.2. The van der Waals surface area contributed by atoms with E-state index < -0.39 is 0 Å². The van der Waals surface area contributed by atoms with Gasteiger partial charge in [-0.05, 0) is 13.8 Å². The molecule has 1 unspecified atom stereocenters. The van der Waals surface area contributed by atoms with E-state index in [1.54, 1.807) is 0 Å². The van der Waals surface area contributed by atoms with Crippen LogP contribution in [0.4, 0.5) is 0 Å². The van der Waals surface area contributed by atoms with Gasteiger partial charge in [0.25, 0.3) is 0 Å². The van der Waals surface area contributed by atoms with Crippen molar-refractivity contribution < 1.29 is 9.15 Å². The Labute approximate surface area is 143 Å². The quantitative estimate of drug-likeness (QED) is 0.853. The van der Waals surface area contributed by atoms with E-state index in [4.69, 9.17) is 9.15 Å². The fourth-order valence-electron chi connectivity index (χ4n) is 2.88. The Morgan fingerprint density at radius 3 is 2.71 bits per heavy atom. The number of rotatable bonds is 4. The van der Waals surface area contributed by atoms with Crippen molar-refractivity contribution in [1.29, 1.82) is 0 Å². The Morgan fingerprint density at radius 1 is 1.29 bits per heavy atom. The molecule has 0 saturated carbocycles. The van der Waals surface area contributed by atoms with Crippen molar-refractivity contribution in [3.63, 3.8) is 0 Å². The largest absolute Gasteiger partial charge is 0.444 e. The molecule has 0 bridgehead atoms. The van der Waals surface area contributed by atoms with Crippen LogP contribution >= 0.6 is 0 Å². The maximum atomic E-state index is 5.91. The van der Waals surface area contributed by atoms with Crippen LogP contribution in [0.15, 0.2) is 10.6 Å². The number of ether oxygens (including phenoxy) is 1. The Hall–Kier alpha value is -1.73. The fourth-order valence-corrected chi connectivity index (χ4v) is 2.88. The average Bonchev–Trinajstić information content (AvgIpc) is 3.06. The third kappa shape index (κ3) is 4.02. The number of morpholine rings is 1. The summed E-state index contributed by atoms with van der Waals surface area (Å²) in [6.07, 6.45) is 1.95. The summed E-state index contributed by atoms with van der Waals surface area (Å²) in [4.78, 5) is 11.1. The molecule has 0 radical (unpaired) electrons. The smallest absolute Gasteiger partial charge is 0.208 e. The number of nitrogens with zero attached hydrogens (tertiary/aromatic N) is 5. The van der Waals surface area contributed by atoms with Crippen molar-refractivity contribution in [2.24, 2.45) is 0 Å². The molecule has 1 fully saturated rings. The van der Waals surface area contributed by atoms with Crippen LogP contribution in [-0.4, -0.2) is 50.4 Å². The summed E-state index contributed by atoms with van der Waals surface area (Å²) in [5.41, 5.74) is -0.0126. The molecule has 1 aliphatic rings. The molecule has 0 spiro atoms. The second-order valence-corrected chi connectivity index (χ2v) is 7.48. The Kier molecular flexibility index (Phi) is 4.73. The Morgan fingerprint density at radius 2 is 2.08 bits per heavy atom. The number of hydrogen-bond donors (Lipinski definition) is 0. The van der Waals surface area contributed by atoms with Gasteiger partial charge in [0, 0.05) is 18.5 Å². The number of hydrogen-bond acceptors (Lipinski definition) is 6. The summed E-state index contributed by atoms with van der Waals surface area (Å²) in [7, 11) is 0. The first-order chi connectivity index (χ1) is 11.3. The number of oxazole rings is 1. The normalized spacial score (nSPS) is 19.8. The van der Waals surface area contributed by atoms with Gasteiger partial charge in [-0.15, -0.1) is 0 Å². The molecule has 2 aromatic rings. The van der Waals surface area contributed by atoms with E-state index in [0.29, 0.717) is 13.2 Å². The van der Waals surface area contributed by atoms with Gasteiger partial charge in [0.05, 0.1) is 32.0 Å². The van der Waals surface area contributed by atoms with Crippen LogP contribution in [0.25, 0.3) is 0 Å². The average molecular weight is 333 g/mol. The highest BCUT2D eigenvalue weighted by Crippen LogP contribution is 2.23. The molecule has 0 aromatic carbocycles. The molecule has 132 valence electrons. The van der Waals surface area contributed by atoms with Crippen molar-refractivity contribution in [3.8, 4) is 0 Å². The topological polar surface area (TPSA) is 69.2 Å². The second kappa shape index (κ2) is 6.64. The molecule has 3 rings (SSSR count). The fraction of sp³-hybridized carbons (Fsp3) is 0.706. The monoisotopic (exact) mass is 333 g/mol. The maximum Gasteiger partial charge on any atom is 0.208 e. The van der Waals surface area contributed by atoms with E-state index in [1.807, 2.05) is 24.7 Å². The van der Waals surface area contributed by atoms with Crippen molar-refractivity contribution in [2.45, 2.75) is 59.2 Å². The summed E-state index contributed by atoms with van der Waals surface area (Å²) in [5, 5.41) is 4.42. The van der Waals surface area contributed by atoms with Crippen LogP contribution in [0.5, 0.6) is 0 Å². The van der Waals surface area contributed by atoms with Gasteiger partial charge in [-0.25, -0.2) is 14.6 Å². The molecule has 0 N–H and O–H groups in total. The minimum atomic E-state index is -0.0126. The SMILES string of the molecule is Cc1nc(C)n(CC2CN(Cc3ncc(C(C)(C)C)o3)CCO2)n1. The van der Waals surface area contributed by atoms with Crippen LogP contribution in [0.1, 0.15) is 44.1 Å². The van der Waals surface area contributed by atoms with E-state index in [1.165, 1.54) is 0 Å². The van der Waals surface area contributed by atoms with E-state index in [2.05, 4.69) is 40.7 Å². The van der Waals surface area contributed by atoms with Crippen molar-refractivity contribution in [1.82, 2.24) is 24.6 Å². The van der Waals surface area contributed by atoms with Gasteiger partial charge in [-0.3, -0.25) is 4.90 Å². The lowest BCUT2D eigenvalue weighted by Crippen LogP contribution is -2.44. The highest BCUT2D eigenvalue weighted by molar-refractivity contribution is 5.06. The number of aryl methyl sites for hydroxylation is 2. The summed E-state index contributed by atoms with van der Waals surface area (Å²) in [5.74, 6) is 3.43. The van der Waals surface area contributed by atoms with Gasteiger partial charge < -0.3 is 9.15 Å². The minimum absolute atomic E-state index is 0.0126. The van der Waals surface area contributed by atoms with E-state index in [9.17, 15) is 0 Å². The standard InChI is InChI=1S/C17H27N5O2/c1-12-19-13(2)22(20-12)10-14-9-21(6-7-23-14)11-16-18-8-15(24-16)17(3,4)5/h8,14H,6-7,9-11H2,1-5H3. The van der Waals surface area contributed by atoms with Crippen LogP contribution in [0.3, 0.4) is 0 Å². The predicted octanol–water partition coefficient (Wildman–Crippen LogP) is 2.08. The summed E-state index contributed by atoms with van der Waals surface area (Å²) < 4.78 is 13.7. The first kappa shape index (κ1) is 17.1. The van der Waals surface area contributed by atoms with E-state index >= 15 is 0 Å². The van der Waals surface area contributed by atoms with Gasteiger partial charge in [0.1, 0.15) is 17.4 Å². The zero-order valence-electron chi connectivity index (χ0n) is 15.2. The first-order valence-corrected chi connectivity index (χ1v) is 8.48. The van der Waals surface area contributed by atoms with Crippen LogP contribution in [-0.2, 0) is 23.2 Å². The third-order valence-corrected chi connectivity index (χ3v) is 4.21. The summed E-state index contributed by atoms with van der Waals surface area (Å²) in [6, 6.07) is 0. The maximum absolute atomic E-state index is 5.91. The Bertz CT molecular complexity index is 685. The highest BCUT2D eigenvalue weighted by Gasteiger charge is 2.24. The second-order valence-electron chi connectivity index (χ2n) is 7.48. The molecule has 1 aliphatic heterocycles. The zero-order chi connectivity index (χ0) is 17.3. The minimum Gasteiger partial charge on any atom is -0.444 e. The molecule has 0 aliphatic carbocycles. The van der Waals surface area contributed by atoms with Crippen LogP contribution in [0, 0.1) is 13.8 Å². The lowest BCUT2D eigenvalue weighted by atomic mass is 9.94. The molecule has 1 atom stereocenters. The van der Waals surface area contributed by atoms with Crippen LogP contribution < -0.4 is 0 Å². The van der Waals surface area contributed by atoms with Gasteiger partial charge in [0.2, 0.25) is 5.89 Å². The molecule has 3 heterocycles. The summed E-state index contributed by atoms with van der Waals surface area (Å²) >= 11 is 0. The van der Waals surface area contributed by atoms with Gasteiger partial charge in [0.15, 0.2) is 0 Å². The van der Waals surface area contributed by atoms with Crippen molar-refractivity contribution in [3.05, 3.63) is 29.5 Å². The molecule has 24 heavy (non-hydrogen) atoms. The molecule has 7 nitrogen and oxygen atoms in total. The predicted molar refractivity (Wildman–Crippen MR) is 89.7 cm³/mol. The molecule has 7 heteroatoms. The third-order valence-electron chi connectivity index (χ3n) is 4.21. The molecular formula is C17H27N5O2. The highest BCUT2D eigenvalue weighted by atomic mass is 16.5. The van der Waals surface area contributed by atoms with Gasteiger partial charge in [-0.1, -0.05) is 20.8 Å². The molecule has 1 saturated heterocycles. The molecular weight excluding hydrogens is 306 g/mol. The first-order valence-electron chi connectivity index (χ1n) is 8.48. The van der Waals surface area contributed by atoms with Crippen molar-refractivity contribution >= 4 is 0 Å². The summed E-state index contributed by atoms with van der Waals surface area (Å²) in [6.45, 7) is 14.1. The van der Waals surface area contributed by atoms with Crippen molar-refractivity contribution in [2.75, 3.05) is 19.7 Å². The number of aromatic nitrogens is 4. The lowest BCUT2D eigenvalue weighted by molar-refractivity contribution is -0.0427. The lowest BCUT2D eigenvalue weighted by Gasteiger charge is -2.32. The van der Waals surface area contributed by atoms with Gasteiger partial charge >= 0.3 is 0 Å². The van der Waals surface area contributed by atoms with E-state index in [-0.39, 0.29) is 11.5 Å².